The van der Waals surface area contributed by atoms with Gasteiger partial charge in [-0.1, -0.05) is 48.5 Å². The lowest BCUT2D eigenvalue weighted by Crippen LogP contribution is -2.35. The summed E-state index contributed by atoms with van der Waals surface area (Å²) in [7, 11) is 0. The van der Waals surface area contributed by atoms with Gasteiger partial charge in [-0.25, -0.2) is 9.48 Å². The summed E-state index contributed by atoms with van der Waals surface area (Å²) in [6, 6.07) is 21.3. The number of aromatic nitrogens is 2. The highest BCUT2D eigenvalue weighted by Gasteiger charge is 2.05. The lowest BCUT2D eigenvalue weighted by Gasteiger charge is -2.10. The molecule has 0 aliphatic heterocycles. The number of amides is 2. The van der Waals surface area contributed by atoms with Crippen molar-refractivity contribution in [2.75, 3.05) is 5.32 Å². The van der Waals surface area contributed by atoms with Gasteiger partial charge < -0.3 is 10.6 Å². The fourth-order valence-electron chi connectivity index (χ4n) is 2.17. The zero-order valence-corrected chi connectivity index (χ0v) is 12.8. The number of benzene rings is 2. The highest BCUT2D eigenvalue weighted by Crippen LogP contribution is 2.13. The Morgan fingerprint density at radius 3 is 2.29 bits per heavy atom. The van der Waals surface area contributed by atoms with Gasteiger partial charge in [0.1, 0.15) is 6.67 Å². The fraction of sp³-hybridized carbons (Fsp3) is 0.0556. The van der Waals surface area contributed by atoms with Crippen molar-refractivity contribution in [3.05, 3.63) is 83.2 Å². The van der Waals surface area contributed by atoms with Gasteiger partial charge in [0, 0.05) is 17.3 Å². The van der Waals surface area contributed by atoms with Gasteiger partial charge in [0.25, 0.3) is 5.56 Å². The standard InChI is InChI=1S/C18H16N4O2/c23-17-12-11-16(14-7-3-1-4-8-14)21-22(17)13-19-18(24)20-15-9-5-2-6-10-15/h1-12H,13H2,(H2,19,20,24). The molecular formula is C18H16N4O2. The van der Waals surface area contributed by atoms with Gasteiger partial charge in [-0.15, -0.1) is 0 Å². The predicted molar refractivity (Wildman–Crippen MR) is 92.5 cm³/mol. The van der Waals surface area contributed by atoms with E-state index in [1.165, 1.54) is 10.7 Å². The van der Waals surface area contributed by atoms with Gasteiger partial charge >= 0.3 is 6.03 Å². The van der Waals surface area contributed by atoms with Crippen LogP contribution in [0.5, 0.6) is 0 Å². The molecule has 0 radical (unpaired) electrons. The van der Waals surface area contributed by atoms with E-state index < -0.39 is 6.03 Å². The van der Waals surface area contributed by atoms with Gasteiger partial charge in [0.2, 0.25) is 0 Å². The Kier molecular flexibility index (Phi) is 4.67. The van der Waals surface area contributed by atoms with E-state index in [2.05, 4.69) is 15.7 Å². The number of carbonyl (C=O) groups excluding carboxylic acids is 1. The van der Waals surface area contributed by atoms with E-state index in [-0.39, 0.29) is 12.2 Å². The normalized spacial score (nSPS) is 10.2. The van der Waals surface area contributed by atoms with Crippen LogP contribution in [0.25, 0.3) is 11.3 Å². The van der Waals surface area contributed by atoms with Crippen molar-refractivity contribution in [1.29, 1.82) is 0 Å². The number of hydrogen-bond acceptors (Lipinski definition) is 3. The molecule has 0 atom stereocenters. The molecule has 3 rings (SSSR count). The molecule has 3 aromatic rings. The molecule has 2 amide bonds. The van der Waals surface area contributed by atoms with Crippen molar-refractivity contribution >= 4 is 11.7 Å². The first kappa shape index (κ1) is 15.5. The number of rotatable bonds is 4. The van der Waals surface area contributed by atoms with Gasteiger partial charge in [-0.2, -0.15) is 5.10 Å². The Labute approximate surface area is 138 Å². The second kappa shape index (κ2) is 7.23. The Hall–Kier alpha value is -3.41. The molecule has 0 aliphatic carbocycles. The summed E-state index contributed by atoms with van der Waals surface area (Å²) in [5.41, 5.74) is 1.96. The van der Waals surface area contributed by atoms with Crippen LogP contribution in [0.1, 0.15) is 0 Å². The van der Waals surface area contributed by atoms with Crippen molar-refractivity contribution in [1.82, 2.24) is 15.1 Å². The number of nitrogens with zero attached hydrogens (tertiary/aromatic N) is 2. The van der Waals surface area contributed by atoms with E-state index >= 15 is 0 Å². The van der Waals surface area contributed by atoms with Gasteiger partial charge in [-0.05, 0) is 18.2 Å². The third-order valence-electron chi connectivity index (χ3n) is 3.36. The number of carbonyl (C=O) groups is 1. The second-order valence-corrected chi connectivity index (χ2v) is 5.08. The van der Waals surface area contributed by atoms with Crippen LogP contribution in [0.3, 0.4) is 0 Å². The molecule has 1 aromatic heterocycles. The molecule has 6 nitrogen and oxygen atoms in total. The van der Waals surface area contributed by atoms with Gasteiger partial charge in [0.15, 0.2) is 0 Å². The SMILES string of the molecule is O=C(NCn1nc(-c2ccccc2)ccc1=O)Nc1ccccc1. The molecule has 0 aliphatic rings. The third-order valence-corrected chi connectivity index (χ3v) is 3.36. The number of urea groups is 1. The highest BCUT2D eigenvalue weighted by atomic mass is 16.2. The van der Waals surface area contributed by atoms with Crippen molar-refractivity contribution in [3.63, 3.8) is 0 Å². The van der Waals surface area contributed by atoms with Crippen molar-refractivity contribution in [3.8, 4) is 11.3 Å². The zero-order chi connectivity index (χ0) is 16.8. The molecule has 0 fully saturated rings. The van der Waals surface area contributed by atoms with Crippen LogP contribution >= 0.6 is 0 Å². The van der Waals surface area contributed by atoms with Crippen molar-refractivity contribution < 1.29 is 4.79 Å². The Bertz CT molecular complexity index is 876. The lowest BCUT2D eigenvalue weighted by molar-refractivity contribution is 0.248. The minimum absolute atomic E-state index is 0.0157. The van der Waals surface area contributed by atoms with E-state index in [1.54, 1.807) is 18.2 Å². The first-order valence-electron chi connectivity index (χ1n) is 7.46. The van der Waals surface area contributed by atoms with Gasteiger partial charge in [0.05, 0.1) is 5.69 Å². The number of nitrogens with one attached hydrogen (secondary N) is 2. The minimum atomic E-state index is -0.403. The summed E-state index contributed by atoms with van der Waals surface area (Å²) >= 11 is 0. The average molecular weight is 320 g/mol. The van der Waals surface area contributed by atoms with E-state index in [1.807, 2.05) is 48.5 Å². The van der Waals surface area contributed by atoms with Gasteiger partial charge in [-0.3, -0.25) is 4.79 Å². The van der Waals surface area contributed by atoms with Crippen LogP contribution in [0.2, 0.25) is 0 Å². The molecule has 2 aromatic carbocycles. The highest BCUT2D eigenvalue weighted by molar-refractivity contribution is 5.88. The summed E-state index contributed by atoms with van der Waals surface area (Å²) < 4.78 is 1.22. The molecule has 0 bridgehead atoms. The molecule has 1 heterocycles. The quantitative estimate of drug-likeness (QED) is 0.776. The fourth-order valence-corrected chi connectivity index (χ4v) is 2.17. The first-order valence-corrected chi connectivity index (χ1v) is 7.46. The monoisotopic (exact) mass is 320 g/mol. The Balaban J connectivity index is 1.69. The van der Waals surface area contributed by atoms with Crippen molar-refractivity contribution in [2.45, 2.75) is 6.67 Å². The van der Waals surface area contributed by atoms with E-state index in [0.717, 1.165) is 5.56 Å². The van der Waals surface area contributed by atoms with Crippen LogP contribution in [0, 0.1) is 0 Å². The van der Waals surface area contributed by atoms with Crippen LogP contribution in [-0.4, -0.2) is 15.8 Å². The topological polar surface area (TPSA) is 76.0 Å². The molecule has 6 heteroatoms. The zero-order valence-electron chi connectivity index (χ0n) is 12.8. The van der Waals surface area contributed by atoms with E-state index in [9.17, 15) is 9.59 Å². The molecular weight excluding hydrogens is 304 g/mol. The van der Waals surface area contributed by atoms with Crippen LogP contribution in [-0.2, 0) is 6.67 Å². The molecule has 24 heavy (non-hydrogen) atoms. The summed E-state index contributed by atoms with van der Waals surface area (Å²) in [5, 5.41) is 9.59. The summed E-state index contributed by atoms with van der Waals surface area (Å²) in [4.78, 5) is 23.8. The Morgan fingerprint density at radius 1 is 0.917 bits per heavy atom. The van der Waals surface area contributed by atoms with Crippen LogP contribution in [0.4, 0.5) is 10.5 Å². The molecule has 0 spiro atoms. The summed E-state index contributed by atoms with van der Waals surface area (Å²) in [6.45, 7) is -0.0157. The largest absolute Gasteiger partial charge is 0.320 e. The summed E-state index contributed by atoms with van der Waals surface area (Å²) in [5.74, 6) is 0. The van der Waals surface area contributed by atoms with E-state index in [0.29, 0.717) is 11.4 Å². The first-order chi connectivity index (χ1) is 11.7. The Morgan fingerprint density at radius 2 is 1.58 bits per heavy atom. The lowest BCUT2D eigenvalue weighted by atomic mass is 10.1. The maximum Gasteiger partial charge on any atom is 0.320 e. The molecule has 0 unspecified atom stereocenters. The molecule has 2 N–H and O–H groups in total. The minimum Gasteiger partial charge on any atom is -0.318 e. The molecule has 0 saturated heterocycles. The van der Waals surface area contributed by atoms with Crippen LogP contribution in [0.15, 0.2) is 77.6 Å². The number of para-hydroxylation sites is 1. The maximum absolute atomic E-state index is 11.9. The van der Waals surface area contributed by atoms with Crippen LogP contribution < -0.4 is 16.2 Å². The number of hydrogen-bond donors (Lipinski definition) is 2. The van der Waals surface area contributed by atoms with E-state index in [4.69, 9.17) is 0 Å². The number of anilines is 1. The smallest absolute Gasteiger partial charge is 0.318 e. The van der Waals surface area contributed by atoms with Crippen molar-refractivity contribution in [2.24, 2.45) is 0 Å². The predicted octanol–water partition coefficient (Wildman–Crippen LogP) is 2.69. The maximum atomic E-state index is 11.9. The second-order valence-electron chi connectivity index (χ2n) is 5.08. The third kappa shape index (κ3) is 3.86. The average Bonchev–Trinajstić information content (AvgIpc) is 2.62. The summed E-state index contributed by atoms with van der Waals surface area (Å²) in [6.07, 6.45) is 0. The molecule has 120 valence electrons. The molecule has 0 saturated carbocycles.